The molecule has 1 saturated heterocycles. The monoisotopic (exact) mass is 316 g/mol. The van der Waals surface area contributed by atoms with E-state index in [9.17, 15) is 4.79 Å². The number of likely N-dealkylation sites (tertiary alicyclic amines) is 1. The summed E-state index contributed by atoms with van der Waals surface area (Å²) < 4.78 is 5.56. The Balaban J connectivity index is 1.49. The number of piperidine rings is 1. The van der Waals surface area contributed by atoms with Gasteiger partial charge in [-0.25, -0.2) is 0 Å². The average molecular weight is 316 g/mol. The first kappa shape index (κ1) is 16.3. The van der Waals surface area contributed by atoms with Crippen LogP contribution in [-0.2, 0) is 11.3 Å². The van der Waals surface area contributed by atoms with Crippen molar-refractivity contribution in [2.24, 2.45) is 11.8 Å². The van der Waals surface area contributed by atoms with Crippen molar-refractivity contribution in [2.45, 2.75) is 45.7 Å². The highest BCUT2D eigenvalue weighted by molar-refractivity contribution is 5.81. The lowest BCUT2D eigenvalue weighted by atomic mass is 9.93. The van der Waals surface area contributed by atoms with Crippen LogP contribution >= 0.6 is 0 Å². The SMILES string of the molecule is CCOc1cccc(CN[C@@H]2CCN(C(=O)C3CC3)C[C@@H]2C)c1. The van der Waals surface area contributed by atoms with Crippen molar-refractivity contribution in [3.63, 3.8) is 0 Å². The molecule has 1 heterocycles. The number of ether oxygens (including phenoxy) is 1. The molecule has 2 aliphatic rings. The lowest BCUT2D eigenvalue weighted by molar-refractivity contribution is -0.134. The molecule has 1 aromatic rings. The third-order valence-corrected chi connectivity index (χ3v) is 4.92. The number of hydrogen-bond donors (Lipinski definition) is 1. The molecule has 0 aromatic heterocycles. The Morgan fingerprint density at radius 3 is 2.87 bits per heavy atom. The van der Waals surface area contributed by atoms with Crippen LogP contribution in [0.1, 0.15) is 38.7 Å². The van der Waals surface area contributed by atoms with Gasteiger partial charge < -0.3 is 15.0 Å². The van der Waals surface area contributed by atoms with Crippen LogP contribution in [0.4, 0.5) is 0 Å². The number of rotatable bonds is 6. The summed E-state index contributed by atoms with van der Waals surface area (Å²) in [5.41, 5.74) is 1.25. The van der Waals surface area contributed by atoms with E-state index in [0.717, 1.165) is 44.6 Å². The molecule has 1 aliphatic carbocycles. The molecular formula is C19H28N2O2. The summed E-state index contributed by atoms with van der Waals surface area (Å²) in [6.07, 6.45) is 3.24. The quantitative estimate of drug-likeness (QED) is 0.877. The Bertz CT molecular complexity index is 542. The van der Waals surface area contributed by atoms with Crippen molar-refractivity contribution >= 4 is 5.91 Å². The molecule has 1 aromatic carbocycles. The van der Waals surface area contributed by atoms with Gasteiger partial charge in [0.25, 0.3) is 0 Å². The topological polar surface area (TPSA) is 41.6 Å². The fourth-order valence-corrected chi connectivity index (χ4v) is 3.40. The molecule has 1 N–H and O–H groups in total. The third kappa shape index (κ3) is 4.25. The number of nitrogens with one attached hydrogen (secondary N) is 1. The van der Waals surface area contributed by atoms with Crippen LogP contribution in [0.25, 0.3) is 0 Å². The van der Waals surface area contributed by atoms with E-state index in [2.05, 4.69) is 29.3 Å². The van der Waals surface area contributed by atoms with Crippen molar-refractivity contribution in [1.29, 1.82) is 0 Å². The minimum Gasteiger partial charge on any atom is -0.494 e. The number of hydrogen-bond acceptors (Lipinski definition) is 3. The summed E-state index contributed by atoms with van der Waals surface area (Å²) in [7, 11) is 0. The summed E-state index contributed by atoms with van der Waals surface area (Å²) in [5.74, 6) is 2.17. The van der Waals surface area contributed by atoms with E-state index in [1.807, 2.05) is 19.1 Å². The number of benzene rings is 1. The van der Waals surface area contributed by atoms with E-state index < -0.39 is 0 Å². The lowest BCUT2D eigenvalue weighted by Gasteiger charge is -2.37. The molecule has 2 atom stereocenters. The molecule has 1 aliphatic heterocycles. The van der Waals surface area contributed by atoms with E-state index in [-0.39, 0.29) is 0 Å². The molecule has 0 radical (unpaired) electrons. The third-order valence-electron chi connectivity index (χ3n) is 4.92. The van der Waals surface area contributed by atoms with Crippen LogP contribution in [0, 0.1) is 11.8 Å². The second kappa shape index (κ2) is 7.35. The molecule has 4 nitrogen and oxygen atoms in total. The highest BCUT2D eigenvalue weighted by Crippen LogP contribution is 2.32. The zero-order valence-corrected chi connectivity index (χ0v) is 14.3. The molecular weight excluding hydrogens is 288 g/mol. The molecule has 0 unspecified atom stereocenters. The van der Waals surface area contributed by atoms with Crippen LogP contribution in [0.3, 0.4) is 0 Å². The van der Waals surface area contributed by atoms with Gasteiger partial charge in [-0.05, 0) is 49.8 Å². The second-order valence-electron chi connectivity index (χ2n) is 6.89. The molecule has 126 valence electrons. The average Bonchev–Trinajstić information content (AvgIpc) is 3.38. The van der Waals surface area contributed by atoms with Crippen molar-refractivity contribution in [3.8, 4) is 5.75 Å². The fourth-order valence-electron chi connectivity index (χ4n) is 3.40. The number of amides is 1. The Kier molecular flexibility index (Phi) is 5.21. The molecule has 3 rings (SSSR count). The molecule has 2 fully saturated rings. The van der Waals surface area contributed by atoms with Gasteiger partial charge in [-0.2, -0.15) is 0 Å². The van der Waals surface area contributed by atoms with Crippen molar-refractivity contribution in [3.05, 3.63) is 29.8 Å². The summed E-state index contributed by atoms with van der Waals surface area (Å²) in [6.45, 7) is 7.60. The van der Waals surface area contributed by atoms with Gasteiger partial charge in [0.2, 0.25) is 5.91 Å². The van der Waals surface area contributed by atoms with E-state index in [1.54, 1.807) is 0 Å². The van der Waals surface area contributed by atoms with Gasteiger partial charge in [0.05, 0.1) is 6.61 Å². The smallest absolute Gasteiger partial charge is 0.225 e. The van der Waals surface area contributed by atoms with E-state index in [1.165, 1.54) is 5.56 Å². The summed E-state index contributed by atoms with van der Waals surface area (Å²) in [6, 6.07) is 8.76. The molecule has 1 saturated carbocycles. The maximum atomic E-state index is 12.2. The Labute approximate surface area is 139 Å². The van der Waals surface area contributed by atoms with Crippen LogP contribution < -0.4 is 10.1 Å². The van der Waals surface area contributed by atoms with Crippen molar-refractivity contribution < 1.29 is 9.53 Å². The molecule has 4 heteroatoms. The normalized spacial score (nSPS) is 24.5. The Morgan fingerprint density at radius 1 is 1.35 bits per heavy atom. The fraction of sp³-hybridized carbons (Fsp3) is 0.632. The van der Waals surface area contributed by atoms with Crippen LogP contribution in [0.5, 0.6) is 5.75 Å². The van der Waals surface area contributed by atoms with Gasteiger partial charge in [0, 0.05) is 31.6 Å². The van der Waals surface area contributed by atoms with Gasteiger partial charge in [0.15, 0.2) is 0 Å². The minimum atomic E-state index is 0.341. The van der Waals surface area contributed by atoms with Gasteiger partial charge in [-0.15, -0.1) is 0 Å². The summed E-state index contributed by atoms with van der Waals surface area (Å²) in [5, 5.41) is 3.67. The van der Waals surface area contributed by atoms with Crippen LogP contribution in [-0.4, -0.2) is 36.5 Å². The van der Waals surface area contributed by atoms with Crippen molar-refractivity contribution in [2.75, 3.05) is 19.7 Å². The highest BCUT2D eigenvalue weighted by Gasteiger charge is 2.36. The largest absolute Gasteiger partial charge is 0.494 e. The number of carbonyl (C=O) groups is 1. The van der Waals surface area contributed by atoms with Gasteiger partial charge in [-0.1, -0.05) is 19.1 Å². The van der Waals surface area contributed by atoms with Crippen LogP contribution in [0.2, 0.25) is 0 Å². The Hall–Kier alpha value is -1.55. The summed E-state index contributed by atoms with van der Waals surface area (Å²) >= 11 is 0. The maximum absolute atomic E-state index is 12.2. The first-order chi connectivity index (χ1) is 11.2. The second-order valence-corrected chi connectivity index (χ2v) is 6.89. The van der Waals surface area contributed by atoms with Gasteiger partial charge in [0.1, 0.15) is 5.75 Å². The first-order valence-corrected chi connectivity index (χ1v) is 8.91. The Morgan fingerprint density at radius 2 is 2.17 bits per heavy atom. The van der Waals surface area contributed by atoms with Crippen molar-refractivity contribution in [1.82, 2.24) is 10.2 Å². The highest BCUT2D eigenvalue weighted by atomic mass is 16.5. The number of carbonyl (C=O) groups excluding carboxylic acids is 1. The predicted octanol–water partition coefficient (Wildman–Crippen LogP) is 2.82. The van der Waals surface area contributed by atoms with E-state index >= 15 is 0 Å². The number of nitrogens with zero attached hydrogens (tertiary/aromatic N) is 1. The molecule has 0 spiro atoms. The van der Waals surface area contributed by atoms with E-state index in [4.69, 9.17) is 4.74 Å². The lowest BCUT2D eigenvalue weighted by Crippen LogP contribution is -2.50. The molecule has 23 heavy (non-hydrogen) atoms. The minimum absolute atomic E-state index is 0.341. The first-order valence-electron chi connectivity index (χ1n) is 8.91. The standard InChI is InChI=1S/C19H28N2O2/c1-3-23-17-6-4-5-15(11-17)12-20-18-9-10-21(13-14(18)2)19(22)16-7-8-16/h4-6,11,14,16,18,20H,3,7-10,12-13H2,1-2H3/t14-,18+/m0/s1. The zero-order valence-electron chi connectivity index (χ0n) is 14.3. The van der Waals surface area contributed by atoms with Gasteiger partial charge >= 0.3 is 0 Å². The predicted molar refractivity (Wildman–Crippen MR) is 91.3 cm³/mol. The zero-order chi connectivity index (χ0) is 16.2. The molecule has 0 bridgehead atoms. The van der Waals surface area contributed by atoms with E-state index in [0.29, 0.717) is 30.4 Å². The van der Waals surface area contributed by atoms with Gasteiger partial charge in [-0.3, -0.25) is 4.79 Å². The maximum Gasteiger partial charge on any atom is 0.225 e. The summed E-state index contributed by atoms with van der Waals surface area (Å²) in [4.78, 5) is 14.3. The molecule has 1 amide bonds. The van der Waals surface area contributed by atoms with Crippen LogP contribution in [0.15, 0.2) is 24.3 Å².